The van der Waals surface area contributed by atoms with Gasteiger partial charge in [0.05, 0.1) is 19.9 Å². The van der Waals surface area contributed by atoms with E-state index in [-0.39, 0.29) is 0 Å². The molecule has 1 heterocycles. The summed E-state index contributed by atoms with van der Waals surface area (Å²) in [5, 5.41) is 15.5. The van der Waals surface area contributed by atoms with Crippen molar-refractivity contribution in [2.24, 2.45) is 0 Å². The molecule has 3 aromatic rings. The summed E-state index contributed by atoms with van der Waals surface area (Å²) in [6, 6.07) is 8.69. The molecule has 0 saturated heterocycles. The number of likely N-dealkylation sites (N-methyl/N-ethyl adjacent to an activating group) is 1. The summed E-state index contributed by atoms with van der Waals surface area (Å²) in [4.78, 5) is 14.6. The van der Waals surface area contributed by atoms with Gasteiger partial charge in [0.25, 0.3) is 0 Å². The van der Waals surface area contributed by atoms with Crippen molar-refractivity contribution in [3.8, 4) is 17.2 Å². The quantitative estimate of drug-likeness (QED) is 0.412. The van der Waals surface area contributed by atoms with Crippen LogP contribution in [-0.4, -0.2) is 62.6 Å². The second kappa shape index (κ2) is 11.9. The maximum Gasteiger partial charge on any atom is 0.325 e. The van der Waals surface area contributed by atoms with Gasteiger partial charge in [-0.15, -0.1) is 10.2 Å². The predicted octanol–water partition coefficient (Wildman–Crippen LogP) is 4.69. The second-order valence-corrected chi connectivity index (χ2v) is 9.16. The lowest BCUT2D eigenvalue weighted by Crippen LogP contribution is -2.22. The standard InChI is InChI=1S/C23H28ClN5O4S/c1-14-10-17(19(13-16(14)24)33-9-8-29(2)3)25-22(30)26-23-28-27-21(34-23)12-15-6-7-18(31-4)20(11-15)32-5/h6-7,10-11,13H,8-9,12H2,1-5H3,(H2,25,26,28,30). The minimum absolute atomic E-state index is 0.383. The van der Waals surface area contributed by atoms with E-state index in [9.17, 15) is 4.79 Å². The average Bonchev–Trinajstić information content (AvgIpc) is 3.22. The molecule has 0 aliphatic rings. The number of urea groups is 1. The lowest BCUT2D eigenvalue weighted by molar-refractivity contribution is 0.258. The van der Waals surface area contributed by atoms with E-state index < -0.39 is 6.03 Å². The lowest BCUT2D eigenvalue weighted by Gasteiger charge is -2.16. The van der Waals surface area contributed by atoms with Gasteiger partial charge in [-0.2, -0.15) is 0 Å². The van der Waals surface area contributed by atoms with Gasteiger partial charge >= 0.3 is 6.03 Å². The number of benzene rings is 2. The number of aromatic nitrogens is 2. The van der Waals surface area contributed by atoms with Gasteiger partial charge in [-0.05, 0) is 50.3 Å². The first-order chi connectivity index (χ1) is 16.3. The highest BCUT2D eigenvalue weighted by atomic mass is 35.5. The Morgan fingerprint density at radius 2 is 1.82 bits per heavy atom. The highest BCUT2D eigenvalue weighted by Crippen LogP contribution is 2.32. The Labute approximate surface area is 208 Å². The summed E-state index contributed by atoms with van der Waals surface area (Å²) < 4.78 is 16.4. The Kier molecular flexibility index (Phi) is 8.91. The van der Waals surface area contributed by atoms with Gasteiger partial charge in [0.2, 0.25) is 5.13 Å². The molecular formula is C23H28ClN5O4S. The Balaban J connectivity index is 1.64. The average molecular weight is 506 g/mol. The number of hydrogen-bond donors (Lipinski definition) is 2. The third kappa shape index (κ3) is 6.96. The molecule has 11 heteroatoms. The molecule has 34 heavy (non-hydrogen) atoms. The first-order valence-corrected chi connectivity index (χ1v) is 11.7. The number of anilines is 2. The van der Waals surface area contributed by atoms with E-state index in [4.69, 9.17) is 25.8 Å². The fourth-order valence-electron chi connectivity index (χ4n) is 3.01. The third-order valence-corrected chi connectivity index (χ3v) is 6.04. The zero-order valence-corrected chi connectivity index (χ0v) is 21.3. The third-order valence-electron chi connectivity index (χ3n) is 4.80. The summed E-state index contributed by atoms with van der Waals surface area (Å²) in [7, 11) is 7.10. The summed E-state index contributed by atoms with van der Waals surface area (Å²) in [5.74, 6) is 1.80. The number of rotatable bonds is 10. The zero-order valence-electron chi connectivity index (χ0n) is 19.8. The summed E-state index contributed by atoms with van der Waals surface area (Å²) in [5.41, 5.74) is 2.33. The van der Waals surface area contributed by atoms with Gasteiger partial charge < -0.3 is 24.4 Å². The van der Waals surface area contributed by atoms with Crippen LogP contribution in [0.5, 0.6) is 17.2 Å². The topological polar surface area (TPSA) is 97.8 Å². The maximum absolute atomic E-state index is 12.6. The largest absolute Gasteiger partial charge is 0.493 e. The van der Waals surface area contributed by atoms with Crippen LogP contribution in [0.1, 0.15) is 16.1 Å². The van der Waals surface area contributed by atoms with Gasteiger partial charge in [-0.1, -0.05) is 29.0 Å². The Morgan fingerprint density at radius 1 is 1.06 bits per heavy atom. The van der Waals surface area contributed by atoms with Crippen molar-refractivity contribution in [2.45, 2.75) is 13.3 Å². The van der Waals surface area contributed by atoms with Crippen LogP contribution in [0.3, 0.4) is 0 Å². The van der Waals surface area contributed by atoms with Crippen LogP contribution in [-0.2, 0) is 6.42 Å². The van der Waals surface area contributed by atoms with Crippen LogP contribution in [0, 0.1) is 6.92 Å². The molecule has 2 N–H and O–H groups in total. The fraction of sp³-hybridized carbons (Fsp3) is 0.348. The molecule has 0 atom stereocenters. The molecule has 0 bridgehead atoms. The zero-order chi connectivity index (χ0) is 24.7. The van der Waals surface area contributed by atoms with Gasteiger partial charge in [0, 0.05) is 24.1 Å². The van der Waals surface area contributed by atoms with Gasteiger partial charge in [-0.25, -0.2) is 4.79 Å². The van der Waals surface area contributed by atoms with E-state index in [2.05, 4.69) is 20.8 Å². The number of aryl methyl sites for hydroxylation is 1. The maximum atomic E-state index is 12.6. The second-order valence-electron chi connectivity index (χ2n) is 7.70. The molecular weight excluding hydrogens is 478 g/mol. The summed E-state index contributed by atoms with van der Waals surface area (Å²) in [6.45, 7) is 3.05. The van der Waals surface area contributed by atoms with Crippen molar-refractivity contribution < 1.29 is 19.0 Å². The molecule has 3 rings (SSSR count). The highest BCUT2D eigenvalue weighted by Gasteiger charge is 2.14. The number of amides is 2. The molecule has 0 radical (unpaired) electrons. The number of methoxy groups -OCH3 is 2. The molecule has 1 aromatic heterocycles. The van der Waals surface area contributed by atoms with Crippen molar-refractivity contribution in [2.75, 3.05) is 52.1 Å². The van der Waals surface area contributed by atoms with Crippen LogP contribution in [0.25, 0.3) is 0 Å². The van der Waals surface area contributed by atoms with Crippen LogP contribution >= 0.6 is 22.9 Å². The Hall–Kier alpha value is -3.08. The Morgan fingerprint density at radius 3 is 2.53 bits per heavy atom. The van der Waals surface area contributed by atoms with Crippen molar-refractivity contribution in [3.05, 3.63) is 51.5 Å². The predicted molar refractivity (Wildman–Crippen MR) is 135 cm³/mol. The number of carbonyl (C=O) groups is 1. The van der Waals surface area contributed by atoms with E-state index in [1.165, 1.54) is 11.3 Å². The minimum atomic E-state index is -0.451. The first kappa shape index (κ1) is 25.5. The molecule has 0 spiro atoms. The molecule has 0 saturated carbocycles. The molecule has 0 aliphatic carbocycles. The number of nitrogens with one attached hydrogen (secondary N) is 2. The summed E-state index contributed by atoms with van der Waals surface area (Å²) in [6.07, 6.45) is 0.543. The van der Waals surface area contributed by atoms with E-state index in [0.717, 1.165) is 22.7 Å². The molecule has 2 aromatic carbocycles. The van der Waals surface area contributed by atoms with Crippen LogP contribution in [0.15, 0.2) is 30.3 Å². The van der Waals surface area contributed by atoms with E-state index in [1.807, 2.05) is 44.1 Å². The molecule has 0 unspecified atom stereocenters. The van der Waals surface area contributed by atoms with E-state index in [1.54, 1.807) is 26.4 Å². The van der Waals surface area contributed by atoms with Crippen molar-refractivity contribution in [1.29, 1.82) is 0 Å². The molecule has 0 fully saturated rings. The summed E-state index contributed by atoms with van der Waals surface area (Å²) >= 11 is 7.54. The fourth-order valence-corrected chi connectivity index (χ4v) is 3.93. The van der Waals surface area contributed by atoms with Crippen LogP contribution in [0.4, 0.5) is 15.6 Å². The highest BCUT2D eigenvalue weighted by molar-refractivity contribution is 7.15. The molecule has 182 valence electrons. The molecule has 2 amide bonds. The smallest absolute Gasteiger partial charge is 0.325 e. The molecule has 9 nitrogen and oxygen atoms in total. The van der Waals surface area contributed by atoms with Crippen LogP contribution in [0.2, 0.25) is 5.02 Å². The number of halogens is 1. The van der Waals surface area contributed by atoms with Crippen LogP contribution < -0.4 is 24.8 Å². The number of carbonyl (C=O) groups excluding carboxylic acids is 1. The number of ether oxygens (including phenoxy) is 3. The first-order valence-electron chi connectivity index (χ1n) is 10.5. The SMILES string of the molecule is COc1ccc(Cc2nnc(NC(=O)Nc3cc(C)c(Cl)cc3OCCN(C)C)s2)cc1OC. The van der Waals surface area contributed by atoms with Gasteiger partial charge in [-0.3, -0.25) is 5.32 Å². The van der Waals surface area contributed by atoms with Gasteiger partial charge in [0.15, 0.2) is 11.5 Å². The van der Waals surface area contributed by atoms with Crippen molar-refractivity contribution in [1.82, 2.24) is 15.1 Å². The normalized spacial score (nSPS) is 10.8. The number of hydrogen-bond acceptors (Lipinski definition) is 8. The van der Waals surface area contributed by atoms with E-state index in [0.29, 0.717) is 46.1 Å². The molecule has 0 aliphatic heterocycles. The Bertz CT molecular complexity index is 1140. The van der Waals surface area contributed by atoms with Gasteiger partial charge in [0.1, 0.15) is 17.4 Å². The van der Waals surface area contributed by atoms with E-state index >= 15 is 0 Å². The minimum Gasteiger partial charge on any atom is -0.493 e. The number of nitrogens with zero attached hydrogens (tertiary/aromatic N) is 3. The van der Waals surface area contributed by atoms with Crippen molar-refractivity contribution >= 4 is 39.8 Å². The van der Waals surface area contributed by atoms with Crippen molar-refractivity contribution in [3.63, 3.8) is 0 Å². The lowest BCUT2D eigenvalue weighted by atomic mass is 10.1. The monoisotopic (exact) mass is 505 g/mol.